The second-order valence-electron chi connectivity index (χ2n) is 7.85. The molecular weight excluding hydrogens is 470 g/mol. The molecule has 1 saturated heterocycles. The Kier molecular flexibility index (Phi) is 9.39. The normalized spacial score (nSPS) is 12.8. The van der Waals surface area contributed by atoms with Crippen molar-refractivity contribution < 1.29 is 13.6 Å². The number of aldehydes is 1. The number of halogens is 2. The van der Waals surface area contributed by atoms with Gasteiger partial charge in [0.25, 0.3) is 6.43 Å². The molecule has 10 heteroatoms. The van der Waals surface area contributed by atoms with E-state index in [0.29, 0.717) is 5.69 Å². The number of nitrogens with one attached hydrogen (secondary N) is 1. The molecule has 1 aliphatic heterocycles. The van der Waals surface area contributed by atoms with Crippen molar-refractivity contribution in [2.75, 3.05) is 25.0 Å². The van der Waals surface area contributed by atoms with Crippen LogP contribution in [0.25, 0.3) is 10.9 Å². The molecule has 1 aliphatic rings. The minimum atomic E-state index is -2.47. The zero-order valence-corrected chi connectivity index (χ0v) is 20.9. The van der Waals surface area contributed by atoms with Crippen molar-refractivity contribution in [3.8, 4) is 0 Å². The SMILES string of the molecule is CN.Cc1c(Sc2ccc3[nH]ncc3c2)cc(C=O)n1C.FC(F)c1cc(N2CCCC2)ccn1. The number of rotatable bonds is 5. The van der Waals surface area contributed by atoms with Crippen molar-refractivity contribution in [3.05, 3.63) is 65.9 Å². The third kappa shape index (κ3) is 6.46. The van der Waals surface area contributed by atoms with Gasteiger partial charge in [0.1, 0.15) is 5.69 Å². The molecule has 186 valence electrons. The van der Waals surface area contributed by atoms with Gasteiger partial charge in [-0.3, -0.25) is 14.9 Å². The molecule has 0 amide bonds. The monoisotopic (exact) mass is 500 g/mol. The van der Waals surface area contributed by atoms with Crippen LogP contribution in [-0.2, 0) is 7.05 Å². The predicted molar refractivity (Wildman–Crippen MR) is 137 cm³/mol. The first-order valence-electron chi connectivity index (χ1n) is 11.3. The van der Waals surface area contributed by atoms with Crippen LogP contribution < -0.4 is 10.6 Å². The number of benzene rings is 1. The fraction of sp³-hybridized carbons (Fsp3) is 0.320. The summed E-state index contributed by atoms with van der Waals surface area (Å²) in [6.45, 7) is 3.95. The van der Waals surface area contributed by atoms with Gasteiger partial charge in [-0.1, -0.05) is 11.8 Å². The van der Waals surface area contributed by atoms with Crippen LogP contribution in [0.4, 0.5) is 14.5 Å². The van der Waals surface area contributed by atoms with E-state index in [1.54, 1.807) is 17.8 Å². The Morgan fingerprint density at radius 3 is 2.54 bits per heavy atom. The van der Waals surface area contributed by atoms with Crippen LogP contribution in [0.1, 0.15) is 41.1 Å². The highest BCUT2D eigenvalue weighted by Crippen LogP contribution is 2.33. The van der Waals surface area contributed by atoms with Gasteiger partial charge in [-0.15, -0.1) is 0 Å². The van der Waals surface area contributed by atoms with E-state index in [1.165, 1.54) is 19.3 Å². The summed E-state index contributed by atoms with van der Waals surface area (Å²) in [5.74, 6) is 0. The van der Waals surface area contributed by atoms with E-state index < -0.39 is 6.43 Å². The number of anilines is 1. The Hall–Kier alpha value is -3.24. The van der Waals surface area contributed by atoms with Crippen molar-refractivity contribution in [2.45, 2.75) is 36.0 Å². The lowest BCUT2D eigenvalue weighted by Gasteiger charge is -2.17. The zero-order chi connectivity index (χ0) is 25.4. The molecule has 0 saturated carbocycles. The number of hydrogen-bond acceptors (Lipinski definition) is 6. The third-order valence-electron chi connectivity index (χ3n) is 5.75. The summed E-state index contributed by atoms with van der Waals surface area (Å²) in [5, 5.41) is 8.04. The maximum Gasteiger partial charge on any atom is 0.280 e. The van der Waals surface area contributed by atoms with Gasteiger partial charge < -0.3 is 15.2 Å². The molecular formula is C25H30F2N6OS. The van der Waals surface area contributed by atoms with Crippen LogP contribution >= 0.6 is 11.8 Å². The molecule has 4 aromatic rings. The van der Waals surface area contributed by atoms with Gasteiger partial charge in [0.05, 0.1) is 17.4 Å². The molecule has 1 aromatic carbocycles. The zero-order valence-electron chi connectivity index (χ0n) is 20.0. The number of pyridine rings is 1. The third-order valence-corrected chi connectivity index (χ3v) is 6.87. The van der Waals surface area contributed by atoms with Gasteiger partial charge in [0.2, 0.25) is 0 Å². The van der Waals surface area contributed by atoms with Crippen LogP contribution in [0.2, 0.25) is 0 Å². The van der Waals surface area contributed by atoms with E-state index in [4.69, 9.17) is 0 Å². The van der Waals surface area contributed by atoms with Crippen LogP contribution in [0.5, 0.6) is 0 Å². The number of fused-ring (bicyclic) bond motifs is 1. The maximum absolute atomic E-state index is 12.4. The lowest BCUT2D eigenvalue weighted by atomic mass is 10.3. The molecule has 0 atom stereocenters. The molecule has 5 rings (SSSR count). The standard InChI is InChI=1S/C14H13N3OS.C10H12F2N2.CH5N/c1-9-14(6-11(8-18)17(9)2)19-12-3-4-13-10(5-12)7-15-16-13;11-10(12)9-7-8(3-4-13-9)14-5-1-2-6-14;1-2/h3-8H,1-2H3,(H,15,16);3-4,7,10H,1-2,5-6H2;2H2,1H3. The van der Waals surface area contributed by atoms with Gasteiger partial charge in [0, 0.05) is 52.9 Å². The molecule has 3 N–H and O–H groups in total. The lowest BCUT2D eigenvalue weighted by Crippen LogP contribution is -2.17. The Morgan fingerprint density at radius 1 is 1.14 bits per heavy atom. The molecule has 0 unspecified atom stereocenters. The van der Waals surface area contributed by atoms with E-state index >= 15 is 0 Å². The molecule has 0 radical (unpaired) electrons. The van der Waals surface area contributed by atoms with Crippen molar-refractivity contribution in [1.82, 2.24) is 19.7 Å². The van der Waals surface area contributed by atoms with Gasteiger partial charge in [-0.05, 0) is 63.2 Å². The molecule has 3 aromatic heterocycles. The van der Waals surface area contributed by atoms with Crippen LogP contribution in [0, 0.1) is 6.92 Å². The molecule has 1 fully saturated rings. The minimum absolute atomic E-state index is 0.130. The van der Waals surface area contributed by atoms with Gasteiger partial charge in [-0.25, -0.2) is 8.78 Å². The molecule has 4 heterocycles. The summed E-state index contributed by atoms with van der Waals surface area (Å²) in [6.07, 6.45) is 3.97. The minimum Gasteiger partial charge on any atom is -0.371 e. The second kappa shape index (κ2) is 12.5. The largest absolute Gasteiger partial charge is 0.371 e. The van der Waals surface area contributed by atoms with Crippen molar-refractivity contribution in [1.29, 1.82) is 0 Å². The number of alkyl halides is 2. The van der Waals surface area contributed by atoms with Crippen molar-refractivity contribution in [2.24, 2.45) is 12.8 Å². The smallest absolute Gasteiger partial charge is 0.280 e. The topological polar surface area (TPSA) is 92.8 Å². The Bertz CT molecular complexity index is 1250. The summed E-state index contributed by atoms with van der Waals surface area (Å²) in [7, 11) is 3.41. The van der Waals surface area contributed by atoms with E-state index in [-0.39, 0.29) is 5.69 Å². The van der Waals surface area contributed by atoms with Crippen LogP contribution in [0.15, 0.2) is 58.6 Å². The number of hydrogen-bond donors (Lipinski definition) is 2. The average molecular weight is 501 g/mol. The summed E-state index contributed by atoms with van der Waals surface area (Å²) in [6, 6.07) is 11.4. The van der Waals surface area contributed by atoms with Crippen LogP contribution in [-0.4, -0.2) is 46.2 Å². The fourth-order valence-electron chi connectivity index (χ4n) is 3.75. The lowest BCUT2D eigenvalue weighted by molar-refractivity contribution is 0.111. The number of nitrogens with zero attached hydrogens (tertiary/aromatic N) is 4. The maximum atomic E-state index is 12.4. The Balaban J connectivity index is 0.000000190. The van der Waals surface area contributed by atoms with E-state index in [9.17, 15) is 13.6 Å². The number of H-pyrrole nitrogens is 1. The quantitative estimate of drug-likeness (QED) is 0.358. The average Bonchev–Trinajstić information content (AvgIpc) is 3.64. The van der Waals surface area contributed by atoms with Gasteiger partial charge >= 0.3 is 0 Å². The van der Waals surface area contributed by atoms with Crippen LogP contribution in [0.3, 0.4) is 0 Å². The summed E-state index contributed by atoms with van der Waals surface area (Å²) in [5.41, 5.74) is 8.06. The molecule has 35 heavy (non-hydrogen) atoms. The number of carbonyl (C=O) groups excluding carboxylic acids is 1. The Morgan fingerprint density at radius 2 is 1.89 bits per heavy atom. The molecule has 0 aliphatic carbocycles. The van der Waals surface area contributed by atoms with E-state index in [0.717, 1.165) is 64.3 Å². The highest BCUT2D eigenvalue weighted by atomic mass is 32.2. The molecule has 0 spiro atoms. The summed E-state index contributed by atoms with van der Waals surface area (Å²) < 4.78 is 26.6. The van der Waals surface area contributed by atoms with E-state index in [1.807, 2.05) is 36.9 Å². The highest BCUT2D eigenvalue weighted by molar-refractivity contribution is 7.99. The number of aromatic nitrogens is 4. The number of nitrogens with two attached hydrogens (primary N) is 1. The molecule has 7 nitrogen and oxygen atoms in total. The summed E-state index contributed by atoms with van der Waals surface area (Å²) in [4.78, 5) is 18.9. The number of aromatic amines is 1. The second-order valence-corrected chi connectivity index (χ2v) is 8.97. The van der Waals surface area contributed by atoms with Crippen molar-refractivity contribution >= 4 is 34.6 Å². The van der Waals surface area contributed by atoms with Gasteiger partial charge in [0.15, 0.2) is 6.29 Å². The predicted octanol–water partition coefficient (Wildman–Crippen LogP) is 5.37. The van der Waals surface area contributed by atoms with Crippen molar-refractivity contribution in [3.63, 3.8) is 0 Å². The van der Waals surface area contributed by atoms with E-state index in [2.05, 4.69) is 37.9 Å². The first-order valence-corrected chi connectivity index (χ1v) is 12.1. The Labute approximate surface area is 207 Å². The summed E-state index contributed by atoms with van der Waals surface area (Å²) >= 11 is 1.66. The van der Waals surface area contributed by atoms with Gasteiger partial charge in [-0.2, -0.15) is 5.10 Å². The first-order chi connectivity index (χ1) is 17.0. The fourth-order valence-corrected chi connectivity index (χ4v) is 4.79. The number of carbonyl (C=O) groups is 1. The molecule has 0 bridgehead atoms. The first kappa shape index (κ1) is 26.4. The highest BCUT2D eigenvalue weighted by Gasteiger charge is 2.15.